The molecule has 0 heterocycles. The molecule has 0 radical (unpaired) electrons. The van der Waals surface area contributed by atoms with Crippen molar-refractivity contribution < 1.29 is 0 Å². The Morgan fingerprint density at radius 3 is 2.35 bits per heavy atom. The standard InChI is InChI=1S/C17H30/c1-7-10-15-14(8-2)11-9-12-16(3,4)13-17(15,5)6/h8,10H,7,9,11-13H2,1-6H3/b14-8-,15-10+. The monoisotopic (exact) mass is 234 g/mol. The first-order valence-corrected chi connectivity index (χ1v) is 7.18. The SMILES string of the molecule is C/C=C1/CCCC(C)(C)CC(C)(C)/C1=C/CC. The lowest BCUT2D eigenvalue weighted by atomic mass is 9.65. The Labute approximate surface area is 108 Å². The zero-order chi connectivity index (χ0) is 13.1. The van der Waals surface area contributed by atoms with E-state index in [0.29, 0.717) is 10.8 Å². The van der Waals surface area contributed by atoms with E-state index in [1.807, 2.05) is 0 Å². The molecule has 0 aromatic rings. The molecule has 0 unspecified atom stereocenters. The smallest absolute Gasteiger partial charge is 0.00990 e. The van der Waals surface area contributed by atoms with Crippen molar-refractivity contribution in [3.63, 3.8) is 0 Å². The van der Waals surface area contributed by atoms with E-state index in [4.69, 9.17) is 0 Å². The number of rotatable bonds is 1. The predicted octanol–water partition coefficient (Wildman–Crippen LogP) is 5.90. The third kappa shape index (κ3) is 3.72. The van der Waals surface area contributed by atoms with E-state index in [1.165, 1.54) is 25.7 Å². The summed E-state index contributed by atoms with van der Waals surface area (Å²) in [6.07, 6.45) is 11.2. The van der Waals surface area contributed by atoms with Crippen molar-refractivity contribution in [2.75, 3.05) is 0 Å². The highest BCUT2D eigenvalue weighted by Gasteiger charge is 2.34. The van der Waals surface area contributed by atoms with Crippen LogP contribution in [0.2, 0.25) is 0 Å². The van der Waals surface area contributed by atoms with Crippen LogP contribution in [0.15, 0.2) is 23.3 Å². The summed E-state index contributed by atoms with van der Waals surface area (Å²) in [4.78, 5) is 0. The first-order valence-electron chi connectivity index (χ1n) is 7.18. The molecular formula is C17H30. The molecule has 0 aromatic heterocycles. The molecule has 0 nitrogen and oxygen atoms in total. The Hall–Kier alpha value is -0.520. The molecule has 1 rings (SSSR count). The second kappa shape index (κ2) is 5.42. The van der Waals surface area contributed by atoms with Crippen molar-refractivity contribution in [2.24, 2.45) is 10.8 Å². The van der Waals surface area contributed by atoms with Crippen LogP contribution in [0.3, 0.4) is 0 Å². The second-order valence-electron chi connectivity index (χ2n) is 6.92. The van der Waals surface area contributed by atoms with Crippen LogP contribution >= 0.6 is 0 Å². The first-order chi connectivity index (χ1) is 7.82. The van der Waals surface area contributed by atoms with Crippen LogP contribution in [0.5, 0.6) is 0 Å². The molecule has 0 N–H and O–H groups in total. The van der Waals surface area contributed by atoms with Crippen LogP contribution in [0.25, 0.3) is 0 Å². The summed E-state index contributed by atoms with van der Waals surface area (Å²) in [6.45, 7) is 14.1. The van der Waals surface area contributed by atoms with Gasteiger partial charge in [0, 0.05) is 0 Å². The molecule has 0 aliphatic heterocycles. The summed E-state index contributed by atoms with van der Waals surface area (Å²) in [5.41, 5.74) is 4.00. The van der Waals surface area contributed by atoms with Crippen molar-refractivity contribution in [1.82, 2.24) is 0 Å². The first kappa shape index (κ1) is 14.5. The molecule has 0 amide bonds. The second-order valence-corrected chi connectivity index (χ2v) is 6.92. The third-order valence-corrected chi connectivity index (χ3v) is 4.05. The highest BCUT2D eigenvalue weighted by Crippen LogP contribution is 2.47. The lowest BCUT2D eigenvalue weighted by molar-refractivity contribution is 0.200. The Balaban J connectivity index is 3.12. The lowest BCUT2D eigenvalue weighted by Crippen LogP contribution is -2.28. The van der Waals surface area contributed by atoms with Crippen LogP contribution in [0.4, 0.5) is 0 Å². The fourth-order valence-electron chi connectivity index (χ4n) is 3.62. The molecule has 0 saturated heterocycles. The van der Waals surface area contributed by atoms with Crippen LogP contribution < -0.4 is 0 Å². The highest BCUT2D eigenvalue weighted by molar-refractivity contribution is 5.36. The molecule has 98 valence electrons. The van der Waals surface area contributed by atoms with Gasteiger partial charge in [-0.1, -0.05) is 46.8 Å². The minimum atomic E-state index is 0.321. The van der Waals surface area contributed by atoms with Gasteiger partial charge in [0.15, 0.2) is 0 Å². The number of hydrogen-bond acceptors (Lipinski definition) is 0. The minimum Gasteiger partial charge on any atom is -0.0842 e. The quantitative estimate of drug-likeness (QED) is 0.530. The Kier molecular flexibility index (Phi) is 4.63. The zero-order valence-electron chi connectivity index (χ0n) is 12.7. The van der Waals surface area contributed by atoms with E-state index in [2.05, 4.69) is 53.7 Å². The summed E-state index contributed by atoms with van der Waals surface area (Å²) in [7, 11) is 0. The molecule has 17 heavy (non-hydrogen) atoms. The van der Waals surface area contributed by atoms with Crippen molar-refractivity contribution in [3.05, 3.63) is 23.3 Å². The normalized spacial score (nSPS) is 29.1. The van der Waals surface area contributed by atoms with Crippen LogP contribution in [0.1, 0.15) is 73.6 Å². The maximum Gasteiger partial charge on any atom is -0.00990 e. The van der Waals surface area contributed by atoms with E-state index in [1.54, 1.807) is 11.1 Å². The summed E-state index contributed by atoms with van der Waals surface area (Å²) in [5.74, 6) is 0. The molecule has 0 aromatic carbocycles. The highest BCUT2D eigenvalue weighted by atomic mass is 14.4. The van der Waals surface area contributed by atoms with E-state index in [-0.39, 0.29) is 0 Å². The van der Waals surface area contributed by atoms with Crippen LogP contribution in [-0.2, 0) is 0 Å². The Morgan fingerprint density at radius 1 is 1.18 bits per heavy atom. The van der Waals surface area contributed by atoms with Gasteiger partial charge in [0.25, 0.3) is 0 Å². The van der Waals surface area contributed by atoms with E-state index in [0.717, 1.165) is 6.42 Å². The fraction of sp³-hybridized carbons (Fsp3) is 0.765. The lowest BCUT2D eigenvalue weighted by Gasteiger charge is -2.40. The van der Waals surface area contributed by atoms with Gasteiger partial charge >= 0.3 is 0 Å². The average Bonchev–Trinajstić information content (AvgIpc) is 2.18. The van der Waals surface area contributed by atoms with Crippen LogP contribution in [0, 0.1) is 10.8 Å². The molecule has 1 aliphatic rings. The van der Waals surface area contributed by atoms with E-state index < -0.39 is 0 Å². The van der Waals surface area contributed by atoms with Gasteiger partial charge in [-0.2, -0.15) is 0 Å². The summed E-state index contributed by atoms with van der Waals surface area (Å²) in [5, 5.41) is 0. The molecule has 1 saturated carbocycles. The zero-order valence-corrected chi connectivity index (χ0v) is 12.7. The van der Waals surface area contributed by atoms with E-state index >= 15 is 0 Å². The molecule has 0 spiro atoms. The molecule has 1 aliphatic carbocycles. The fourth-order valence-corrected chi connectivity index (χ4v) is 3.62. The number of hydrogen-bond donors (Lipinski definition) is 0. The van der Waals surface area contributed by atoms with Gasteiger partial charge in [0.2, 0.25) is 0 Å². The van der Waals surface area contributed by atoms with Gasteiger partial charge in [0.1, 0.15) is 0 Å². The van der Waals surface area contributed by atoms with Gasteiger partial charge in [-0.15, -0.1) is 0 Å². The van der Waals surface area contributed by atoms with Gasteiger partial charge in [-0.05, 0) is 61.0 Å². The summed E-state index contributed by atoms with van der Waals surface area (Å²) >= 11 is 0. The minimum absolute atomic E-state index is 0.321. The predicted molar refractivity (Wildman–Crippen MR) is 78.2 cm³/mol. The maximum absolute atomic E-state index is 2.46. The topological polar surface area (TPSA) is 0 Å². The van der Waals surface area contributed by atoms with Gasteiger partial charge in [-0.3, -0.25) is 0 Å². The van der Waals surface area contributed by atoms with E-state index in [9.17, 15) is 0 Å². The molecule has 0 bridgehead atoms. The summed E-state index contributed by atoms with van der Waals surface area (Å²) in [6, 6.07) is 0. The largest absolute Gasteiger partial charge is 0.0842 e. The van der Waals surface area contributed by atoms with Crippen molar-refractivity contribution in [3.8, 4) is 0 Å². The average molecular weight is 234 g/mol. The number of allylic oxidation sites excluding steroid dienone is 4. The third-order valence-electron chi connectivity index (χ3n) is 4.05. The molecule has 1 fully saturated rings. The van der Waals surface area contributed by atoms with Crippen molar-refractivity contribution in [1.29, 1.82) is 0 Å². The molecule has 0 atom stereocenters. The van der Waals surface area contributed by atoms with Gasteiger partial charge in [-0.25, -0.2) is 0 Å². The maximum atomic E-state index is 2.46. The Morgan fingerprint density at radius 2 is 1.82 bits per heavy atom. The van der Waals surface area contributed by atoms with Crippen molar-refractivity contribution in [2.45, 2.75) is 73.6 Å². The van der Waals surface area contributed by atoms with Gasteiger partial charge < -0.3 is 0 Å². The Bertz CT molecular complexity index is 313. The summed E-state index contributed by atoms with van der Waals surface area (Å²) < 4.78 is 0. The van der Waals surface area contributed by atoms with Crippen molar-refractivity contribution >= 4 is 0 Å². The molecular weight excluding hydrogens is 204 g/mol. The molecule has 0 heteroatoms. The van der Waals surface area contributed by atoms with Crippen LogP contribution in [-0.4, -0.2) is 0 Å². The van der Waals surface area contributed by atoms with Gasteiger partial charge in [0.05, 0.1) is 0 Å².